The zero-order valence-electron chi connectivity index (χ0n) is 21.6. The average Bonchev–Trinajstić information content (AvgIpc) is 3.07. The number of ether oxygens (including phenoxy) is 2. The van der Waals surface area contributed by atoms with Gasteiger partial charge in [-0.3, -0.25) is 4.90 Å². The van der Waals surface area contributed by atoms with Gasteiger partial charge in [-0.05, 0) is 78.3 Å². The van der Waals surface area contributed by atoms with Crippen LogP contribution in [0, 0.1) is 13.8 Å². The van der Waals surface area contributed by atoms with Crippen LogP contribution in [0.1, 0.15) is 51.4 Å². The second-order valence-corrected chi connectivity index (χ2v) is 10.1. The van der Waals surface area contributed by atoms with Crippen LogP contribution in [0.2, 0.25) is 0 Å². The summed E-state index contributed by atoms with van der Waals surface area (Å²) in [7, 11) is 0. The zero-order valence-corrected chi connectivity index (χ0v) is 21.6. The summed E-state index contributed by atoms with van der Waals surface area (Å²) in [6.45, 7) is 15.7. The molecule has 0 fully saturated rings. The van der Waals surface area contributed by atoms with Gasteiger partial charge in [0.25, 0.3) is 0 Å². The molecule has 1 aromatic heterocycles. The summed E-state index contributed by atoms with van der Waals surface area (Å²) in [5, 5.41) is 15.5. The Balaban J connectivity index is 1.93. The third-order valence-electron chi connectivity index (χ3n) is 5.59. The van der Waals surface area contributed by atoms with Crippen molar-refractivity contribution in [3.05, 3.63) is 71.4 Å². The molecule has 1 atom stereocenters. The van der Waals surface area contributed by atoms with Crippen molar-refractivity contribution in [1.82, 2.24) is 14.7 Å². The number of aromatic nitrogens is 2. The van der Waals surface area contributed by atoms with Gasteiger partial charge in [0.1, 0.15) is 5.75 Å². The molecule has 34 heavy (non-hydrogen) atoms. The molecule has 3 rings (SSSR count). The van der Waals surface area contributed by atoms with Crippen LogP contribution in [-0.2, 0) is 11.3 Å². The molecule has 6 heteroatoms. The van der Waals surface area contributed by atoms with Crippen LogP contribution < -0.4 is 4.74 Å². The minimum absolute atomic E-state index is 0.218. The molecule has 1 N–H and O–H groups in total. The van der Waals surface area contributed by atoms with Crippen LogP contribution >= 0.6 is 0 Å². The van der Waals surface area contributed by atoms with E-state index < -0.39 is 6.10 Å². The maximum absolute atomic E-state index is 10.7. The fraction of sp³-hybridized carbons (Fsp3) is 0.464. The van der Waals surface area contributed by atoms with Crippen LogP contribution in [-0.4, -0.2) is 50.7 Å². The van der Waals surface area contributed by atoms with E-state index in [-0.39, 0.29) is 11.6 Å². The Kier molecular flexibility index (Phi) is 8.52. The summed E-state index contributed by atoms with van der Waals surface area (Å²) < 4.78 is 14.1. The topological polar surface area (TPSA) is 59.8 Å². The van der Waals surface area contributed by atoms with Gasteiger partial charge in [-0.1, -0.05) is 30.3 Å². The van der Waals surface area contributed by atoms with E-state index in [9.17, 15) is 5.11 Å². The molecule has 6 nitrogen and oxygen atoms in total. The van der Waals surface area contributed by atoms with E-state index in [1.54, 1.807) is 0 Å². The highest BCUT2D eigenvalue weighted by molar-refractivity contribution is 5.43. The first kappa shape index (κ1) is 25.9. The van der Waals surface area contributed by atoms with Crippen molar-refractivity contribution < 1.29 is 14.6 Å². The fourth-order valence-electron chi connectivity index (χ4n) is 3.69. The number of hydrogen-bond acceptors (Lipinski definition) is 5. The minimum atomic E-state index is -0.591. The van der Waals surface area contributed by atoms with Gasteiger partial charge >= 0.3 is 0 Å². The van der Waals surface area contributed by atoms with Crippen molar-refractivity contribution >= 4 is 0 Å². The molecule has 0 saturated carbocycles. The van der Waals surface area contributed by atoms with Crippen LogP contribution in [0.5, 0.6) is 11.6 Å². The highest BCUT2D eigenvalue weighted by Gasteiger charge is 2.24. The van der Waals surface area contributed by atoms with E-state index >= 15 is 0 Å². The Morgan fingerprint density at radius 2 is 1.74 bits per heavy atom. The summed E-state index contributed by atoms with van der Waals surface area (Å²) >= 11 is 0. The summed E-state index contributed by atoms with van der Waals surface area (Å²) in [5.41, 5.74) is 3.69. The maximum Gasteiger partial charge on any atom is 0.227 e. The van der Waals surface area contributed by atoms with Crippen molar-refractivity contribution in [3.8, 4) is 17.3 Å². The Labute approximate surface area is 204 Å². The van der Waals surface area contributed by atoms with E-state index in [2.05, 4.69) is 31.7 Å². The molecule has 0 aliphatic carbocycles. The summed E-state index contributed by atoms with van der Waals surface area (Å²) in [4.78, 5) is 2.24. The third-order valence-corrected chi connectivity index (χ3v) is 5.59. The quantitative estimate of drug-likeness (QED) is 0.418. The lowest BCUT2D eigenvalue weighted by atomic mass is 10.1. The fourth-order valence-corrected chi connectivity index (χ4v) is 3.69. The van der Waals surface area contributed by atoms with Crippen molar-refractivity contribution in [2.45, 2.75) is 72.8 Å². The Bertz CT molecular complexity index is 1050. The third kappa shape index (κ3) is 7.16. The lowest BCUT2D eigenvalue weighted by molar-refractivity contribution is -0.0587. The number of nitrogens with zero attached hydrogens (tertiary/aromatic N) is 3. The lowest BCUT2D eigenvalue weighted by Crippen LogP contribution is -2.40. The molecule has 184 valence electrons. The van der Waals surface area contributed by atoms with Crippen molar-refractivity contribution in [1.29, 1.82) is 0 Å². The number of aliphatic hydroxyl groups is 1. The predicted octanol–water partition coefficient (Wildman–Crippen LogP) is 5.67. The van der Waals surface area contributed by atoms with Gasteiger partial charge in [-0.25, -0.2) is 4.68 Å². The molecule has 1 heterocycles. The maximum atomic E-state index is 10.7. The molecule has 0 amide bonds. The lowest BCUT2D eigenvalue weighted by Gasteiger charge is -2.30. The van der Waals surface area contributed by atoms with Crippen LogP contribution in [0.4, 0.5) is 0 Å². The van der Waals surface area contributed by atoms with Crippen LogP contribution in [0.25, 0.3) is 5.69 Å². The molecule has 0 spiro atoms. The van der Waals surface area contributed by atoms with E-state index in [4.69, 9.17) is 14.6 Å². The molecule has 0 saturated heterocycles. The molecule has 0 bridgehead atoms. The predicted molar refractivity (Wildman–Crippen MR) is 137 cm³/mol. The van der Waals surface area contributed by atoms with Gasteiger partial charge in [0.15, 0.2) is 0 Å². The number of aliphatic hydroxyl groups excluding tert-OH is 1. The van der Waals surface area contributed by atoms with Crippen molar-refractivity contribution in [3.63, 3.8) is 0 Å². The van der Waals surface area contributed by atoms with E-state index in [0.717, 1.165) is 28.3 Å². The molecule has 2 aromatic carbocycles. The molecule has 0 unspecified atom stereocenters. The van der Waals surface area contributed by atoms with Gasteiger partial charge in [0.2, 0.25) is 5.88 Å². The summed E-state index contributed by atoms with van der Waals surface area (Å²) in [6.07, 6.45) is -0.591. The molecule has 3 aromatic rings. The number of hydrogen-bond donors (Lipinski definition) is 1. The highest BCUT2D eigenvalue weighted by Crippen LogP contribution is 2.32. The van der Waals surface area contributed by atoms with E-state index in [1.807, 2.05) is 80.9 Å². The first-order chi connectivity index (χ1) is 16.0. The number of benzene rings is 2. The standard InChI is InChI=1S/C28H39N3O3/c1-20(2)30(17-24(32)19-33-28(5,6)7)18-26-22(4)29-31(23-13-9-8-10-14-23)27(26)34-25-15-11-12-21(3)16-25/h8-16,20,24,32H,17-19H2,1-7H3/t24-/m1/s1. The SMILES string of the molecule is Cc1cccc(Oc2c(CN(C[C@@H](O)COC(C)(C)C)C(C)C)c(C)nn2-c2ccccc2)c1. The monoisotopic (exact) mass is 465 g/mol. The van der Waals surface area contributed by atoms with E-state index in [1.165, 1.54) is 0 Å². The molecule has 0 aliphatic heterocycles. The average molecular weight is 466 g/mol. The second kappa shape index (κ2) is 11.2. The molecule has 0 radical (unpaired) electrons. The first-order valence-electron chi connectivity index (χ1n) is 12.0. The highest BCUT2D eigenvalue weighted by atomic mass is 16.5. The number of rotatable bonds is 10. The van der Waals surface area contributed by atoms with Crippen molar-refractivity contribution in [2.24, 2.45) is 0 Å². The van der Waals surface area contributed by atoms with Gasteiger partial charge in [-0.2, -0.15) is 5.10 Å². The smallest absolute Gasteiger partial charge is 0.227 e. The summed E-state index contributed by atoms with van der Waals surface area (Å²) in [6, 6.07) is 18.3. The zero-order chi connectivity index (χ0) is 24.9. The summed E-state index contributed by atoms with van der Waals surface area (Å²) in [5.74, 6) is 1.47. The molecular formula is C28H39N3O3. The minimum Gasteiger partial charge on any atom is -0.439 e. The largest absolute Gasteiger partial charge is 0.439 e. The second-order valence-electron chi connectivity index (χ2n) is 10.1. The molecular weight excluding hydrogens is 426 g/mol. The Morgan fingerprint density at radius 1 is 1.03 bits per heavy atom. The Morgan fingerprint density at radius 3 is 2.35 bits per heavy atom. The normalized spacial score (nSPS) is 13.0. The van der Waals surface area contributed by atoms with Gasteiger partial charge in [0.05, 0.1) is 35.3 Å². The van der Waals surface area contributed by atoms with E-state index in [0.29, 0.717) is 25.6 Å². The van der Waals surface area contributed by atoms with Gasteiger partial charge < -0.3 is 14.6 Å². The molecule has 0 aliphatic rings. The number of aryl methyl sites for hydroxylation is 2. The van der Waals surface area contributed by atoms with Gasteiger partial charge in [-0.15, -0.1) is 0 Å². The Hall–Kier alpha value is -2.67. The van der Waals surface area contributed by atoms with Crippen LogP contribution in [0.15, 0.2) is 54.6 Å². The van der Waals surface area contributed by atoms with Crippen LogP contribution in [0.3, 0.4) is 0 Å². The first-order valence-corrected chi connectivity index (χ1v) is 12.0. The number of para-hydroxylation sites is 1. The van der Waals surface area contributed by atoms with Crippen molar-refractivity contribution in [2.75, 3.05) is 13.2 Å². The van der Waals surface area contributed by atoms with Gasteiger partial charge in [0, 0.05) is 19.1 Å².